The van der Waals surface area contributed by atoms with E-state index >= 15 is 0 Å². The summed E-state index contributed by atoms with van der Waals surface area (Å²) in [5, 5.41) is 6.34. The van der Waals surface area contributed by atoms with Crippen molar-refractivity contribution < 1.29 is 23.5 Å². The predicted molar refractivity (Wildman–Crippen MR) is 138 cm³/mol. The fourth-order valence-electron chi connectivity index (χ4n) is 3.47. The highest BCUT2D eigenvalue weighted by molar-refractivity contribution is 7.09. The number of hydrogen-bond donors (Lipinski definition) is 0. The summed E-state index contributed by atoms with van der Waals surface area (Å²) in [5.41, 5.74) is 3.35. The average molecular weight is 505 g/mol. The fraction of sp³-hybridized carbons (Fsp3) is 0.250. The predicted octanol–water partition coefficient (Wildman–Crippen LogP) is 6.09. The first kappa shape index (κ1) is 25.2. The summed E-state index contributed by atoms with van der Waals surface area (Å²) in [6.07, 6.45) is 1.35. The second-order valence-corrected chi connectivity index (χ2v) is 9.09. The van der Waals surface area contributed by atoms with Crippen LogP contribution in [0.5, 0.6) is 5.75 Å². The standard InChI is InChI=1S/C28H28N2O5S/c1-20-26(29-27(35-20)17-24-9-6-16-36-24)19-33-23-12-10-21(11-13-23)18-34-30-25(14-15-28(31)32-2)22-7-4-3-5-8-22/h3-13,16H,14-15,17-19H2,1-2H3. The number of nitrogens with zero attached hydrogens (tertiary/aromatic N) is 2. The first-order valence-electron chi connectivity index (χ1n) is 11.6. The number of aromatic nitrogens is 1. The Hall–Kier alpha value is -3.91. The molecule has 2 aromatic carbocycles. The number of thiophene rings is 1. The number of benzene rings is 2. The molecule has 0 saturated heterocycles. The van der Waals surface area contributed by atoms with Crippen molar-refractivity contribution in [2.24, 2.45) is 5.16 Å². The van der Waals surface area contributed by atoms with Gasteiger partial charge in [-0.3, -0.25) is 4.79 Å². The molecule has 0 aliphatic heterocycles. The molecule has 0 bridgehead atoms. The van der Waals surface area contributed by atoms with Gasteiger partial charge in [0.2, 0.25) is 0 Å². The zero-order valence-electron chi connectivity index (χ0n) is 20.3. The number of carbonyl (C=O) groups is 1. The molecule has 0 aliphatic rings. The van der Waals surface area contributed by atoms with Crippen LogP contribution in [0.2, 0.25) is 0 Å². The number of rotatable bonds is 12. The molecular weight excluding hydrogens is 476 g/mol. The highest BCUT2D eigenvalue weighted by atomic mass is 32.1. The van der Waals surface area contributed by atoms with E-state index < -0.39 is 0 Å². The Morgan fingerprint density at radius 3 is 2.53 bits per heavy atom. The Balaban J connectivity index is 1.30. The number of oxime groups is 1. The van der Waals surface area contributed by atoms with Crippen LogP contribution in [-0.4, -0.2) is 23.8 Å². The molecule has 0 saturated carbocycles. The summed E-state index contributed by atoms with van der Waals surface area (Å²) in [7, 11) is 1.38. The van der Waals surface area contributed by atoms with Crippen molar-refractivity contribution in [3.63, 3.8) is 0 Å². The van der Waals surface area contributed by atoms with Gasteiger partial charge in [-0.2, -0.15) is 0 Å². The van der Waals surface area contributed by atoms with Crippen molar-refractivity contribution in [3.8, 4) is 5.75 Å². The third-order valence-corrected chi connectivity index (χ3v) is 6.32. The van der Waals surface area contributed by atoms with Crippen LogP contribution in [0.1, 0.15) is 46.2 Å². The lowest BCUT2D eigenvalue weighted by Gasteiger charge is -2.08. The van der Waals surface area contributed by atoms with Crippen LogP contribution < -0.4 is 4.74 Å². The van der Waals surface area contributed by atoms with Crippen LogP contribution in [0, 0.1) is 6.92 Å². The lowest BCUT2D eigenvalue weighted by atomic mass is 10.1. The number of aryl methyl sites for hydroxylation is 1. The molecule has 8 heteroatoms. The molecule has 0 radical (unpaired) electrons. The van der Waals surface area contributed by atoms with E-state index in [0.717, 1.165) is 28.3 Å². The number of oxazole rings is 1. The fourth-order valence-corrected chi connectivity index (χ4v) is 4.17. The van der Waals surface area contributed by atoms with Gasteiger partial charge in [0.05, 0.1) is 25.7 Å². The summed E-state index contributed by atoms with van der Waals surface area (Å²) in [6, 6.07) is 21.4. The minimum atomic E-state index is -0.284. The van der Waals surface area contributed by atoms with Crippen LogP contribution >= 0.6 is 11.3 Å². The Bertz CT molecular complexity index is 1270. The van der Waals surface area contributed by atoms with Gasteiger partial charge in [0.1, 0.15) is 30.4 Å². The lowest BCUT2D eigenvalue weighted by Crippen LogP contribution is -2.08. The van der Waals surface area contributed by atoms with Crippen molar-refractivity contribution in [2.45, 2.75) is 39.4 Å². The second kappa shape index (κ2) is 12.7. The second-order valence-electron chi connectivity index (χ2n) is 8.05. The zero-order valence-corrected chi connectivity index (χ0v) is 21.1. The van der Waals surface area contributed by atoms with Crippen LogP contribution in [0.15, 0.2) is 81.7 Å². The third-order valence-electron chi connectivity index (χ3n) is 5.45. The minimum Gasteiger partial charge on any atom is -0.487 e. The third kappa shape index (κ3) is 7.29. The summed E-state index contributed by atoms with van der Waals surface area (Å²) < 4.78 is 16.4. The Morgan fingerprint density at radius 2 is 1.81 bits per heavy atom. The molecule has 186 valence electrons. The smallest absolute Gasteiger partial charge is 0.305 e. The Morgan fingerprint density at radius 1 is 1.00 bits per heavy atom. The molecule has 2 heterocycles. The SMILES string of the molecule is COC(=O)CCC(=NOCc1ccc(OCc2nc(Cc3cccs3)oc2C)cc1)c1ccccc1. The van der Waals surface area contributed by atoms with Gasteiger partial charge in [-0.05, 0) is 41.6 Å². The van der Waals surface area contributed by atoms with Gasteiger partial charge in [-0.15, -0.1) is 11.3 Å². The molecule has 0 fully saturated rings. The first-order valence-corrected chi connectivity index (χ1v) is 12.5. The van der Waals surface area contributed by atoms with Crippen molar-refractivity contribution in [1.82, 2.24) is 4.98 Å². The topological polar surface area (TPSA) is 83.2 Å². The number of carbonyl (C=O) groups excluding carboxylic acids is 1. The lowest BCUT2D eigenvalue weighted by molar-refractivity contribution is -0.140. The molecule has 0 amide bonds. The van der Waals surface area contributed by atoms with Crippen LogP contribution in [0.4, 0.5) is 0 Å². The van der Waals surface area contributed by atoms with Gasteiger partial charge < -0.3 is 18.7 Å². The van der Waals surface area contributed by atoms with Crippen molar-refractivity contribution in [1.29, 1.82) is 0 Å². The number of ether oxygens (including phenoxy) is 2. The molecule has 0 aliphatic carbocycles. The molecule has 0 atom stereocenters. The van der Waals surface area contributed by atoms with E-state index in [4.69, 9.17) is 18.7 Å². The van der Waals surface area contributed by atoms with Crippen LogP contribution in [0.3, 0.4) is 0 Å². The first-order chi connectivity index (χ1) is 17.6. The zero-order chi connectivity index (χ0) is 25.2. The maximum Gasteiger partial charge on any atom is 0.305 e. The number of methoxy groups -OCH3 is 1. The summed E-state index contributed by atoms with van der Waals surface area (Å²) in [4.78, 5) is 23.0. The summed E-state index contributed by atoms with van der Waals surface area (Å²) in [6.45, 7) is 2.53. The van der Waals surface area contributed by atoms with E-state index in [1.807, 2.05) is 73.0 Å². The molecular formula is C28H28N2O5S. The van der Waals surface area contributed by atoms with E-state index in [9.17, 15) is 4.79 Å². The van der Waals surface area contributed by atoms with Gasteiger partial charge in [-0.25, -0.2) is 4.98 Å². The van der Waals surface area contributed by atoms with Crippen LogP contribution in [0.25, 0.3) is 0 Å². The molecule has 0 unspecified atom stereocenters. The average Bonchev–Trinajstić information content (AvgIpc) is 3.55. The van der Waals surface area contributed by atoms with Gasteiger partial charge in [0.25, 0.3) is 0 Å². The molecule has 7 nitrogen and oxygen atoms in total. The van der Waals surface area contributed by atoms with Crippen molar-refractivity contribution >= 4 is 23.0 Å². The normalized spacial score (nSPS) is 11.3. The van der Waals surface area contributed by atoms with Gasteiger partial charge in [-0.1, -0.05) is 53.7 Å². The summed E-state index contributed by atoms with van der Waals surface area (Å²) >= 11 is 1.69. The van der Waals surface area contributed by atoms with E-state index in [0.29, 0.717) is 37.7 Å². The Kier molecular flexibility index (Phi) is 8.88. The van der Waals surface area contributed by atoms with E-state index in [2.05, 4.69) is 16.2 Å². The molecule has 0 N–H and O–H groups in total. The maximum absolute atomic E-state index is 11.6. The summed E-state index contributed by atoms with van der Waals surface area (Å²) in [5.74, 6) is 1.91. The van der Waals surface area contributed by atoms with E-state index in [1.54, 1.807) is 11.3 Å². The van der Waals surface area contributed by atoms with Gasteiger partial charge in [0, 0.05) is 11.3 Å². The number of esters is 1. The van der Waals surface area contributed by atoms with Crippen LogP contribution in [-0.2, 0) is 34.0 Å². The molecule has 0 spiro atoms. The monoisotopic (exact) mass is 504 g/mol. The number of hydrogen-bond acceptors (Lipinski definition) is 8. The highest BCUT2D eigenvalue weighted by Crippen LogP contribution is 2.20. The molecule has 4 aromatic rings. The molecule has 36 heavy (non-hydrogen) atoms. The minimum absolute atomic E-state index is 0.236. The maximum atomic E-state index is 11.6. The quantitative estimate of drug-likeness (QED) is 0.132. The Labute approximate surface area is 214 Å². The van der Waals surface area contributed by atoms with Gasteiger partial charge >= 0.3 is 5.97 Å². The van der Waals surface area contributed by atoms with Gasteiger partial charge in [0.15, 0.2) is 5.89 Å². The van der Waals surface area contributed by atoms with Crippen molar-refractivity contribution in [2.75, 3.05) is 7.11 Å². The van der Waals surface area contributed by atoms with Crippen molar-refractivity contribution in [3.05, 3.63) is 105 Å². The van der Waals surface area contributed by atoms with E-state index in [1.165, 1.54) is 12.0 Å². The molecule has 4 rings (SSSR count). The largest absolute Gasteiger partial charge is 0.487 e. The highest BCUT2D eigenvalue weighted by Gasteiger charge is 2.12. The molecule has 2 aromatic heterocycles. The van der Waals surface area contributed by atoms with E-state index in [-0.39, 0.29) is 12.4 Å².